The number of esters is 1. The molecule has 0 heterocycles. The maximum Gasteiger partial charge on any atom is 0.307 e. The van der Waals surface area contributed by atoms with Crippen LogP contribution in [0.15, 0.2) is 12.2 Å². The summed E-state index contributed by atoms with van der Waals surface area (Å²) < 4.78 is 5.93. The Labute approximate surface area is 160 Å². The summed E-state index contributed by atoms with van der Waals surface area (Å²) in [6.07, 6.45) is 14.5. The van der Waals surface area contributed by atoms with Crippen LogP contribution < -0.4 is 0 Å². The zero-order valence-corrected chi connectivity index (χ0v) is 17.3. The largest absolute Gasteiger partial charge is 0.481 e. The number of carbonyl (C=O) groups excluding carboxylic acids is 1. The van der Waals surface area contributed by atoms with E-state index in [1.54, 1.807) is 0 Å². The van der Waals surface area contributed by atoms with Crippen LogP contribution in [0.25, 0.3) is 0 Å². The summed E-state index contributed by atoms with van der Waals surface area (Å²) in [7, 11) is 5.87. The van der Waals surface area contributed by atoms with E-state index < -0.39 is 12.1 Å². The topological polar surface area (TPSA) is 63.6 Å². The van der Waals surface area contributed by atoms with Crippen molar-refractivity contribution in [2.75, 3.05) is 27.7 Å². The molecule has 0 bridgehead atoms. The number of quaternary nitrogens is 1. The zero-order valence-electron chi connectivity index (χ0n) is 17.3. The number of hydrogen-bond acceptors (Lipinski definition) is 3. The van der Waals surface area contributed by atoms with Gasteiger partial charge in [-0.1, -0.05) is 51.2 Å². The average molecular weight is 371 g/mol. The lowest BCUT2D eigenvalue weighted by Gasteiger charge is -2.28. The second kappa shape index (κ2) is 14.8. The lowest BCUT2D eigenvalue weighted by Crippen LogP contribution is -2.43. The number of aliphatic carboxylic acids is 1. The van der Waals surface area contributed by atoms with Crippen molar-refractivity contribution in [2.24, 2.45) is 0 Å². The van der Waals surface area contributed by atoms with Gasteiger partial charge in [0.25, 0.3) is 0 Å². The molecule has 0 aromatic rings. The van der Waals surface area contributed by atoms with E-state index in [0.717, 1.165) is 19.3 Å². The number of allylic oxidation sites excluding steroid dienone is 2. The van der Waals surface area contributed by atoms with E-state index in [0.29, 0.717) is 17.4 Å². The van der Waals surface area contributed by atoms with Gasteiger partial charge in [0.2, 0.25) is 0 Å². The quantitative estimate of drug-likeness (QED) is 0.187. The van der Waals surface area contributed by atoms with Crippen LogP contribution in [0, 0.1) is 0 Å². The number of carboxylic acid groups (broad SMARTS) is 1. The van der Waals surface area contributed by atoms with Gasteiger partial charge in [0, 0.05) is 6.42 Å². The number of nitrogens with zero attached hydrogens (tertiary/aromatic N) is 1. The Balaban J connectivity index is 3.85. The van der Waals surface area contributed by atoms with Crippen molar-refractivity contribution < 1.29 is 23.9 Å². The minimum atomic E-state index is -0.936. The van der Waals surface area contributed by atoms with Gasteiger partial charge < -0.3 is 14.3 Å². The lowest BCUT2D eigenvalue weighted by atomic mass is 10.1. The SMILES string of the molecule is CCCCCCCC/C=C\CCCC(=O)O[C@@H](CC(=O)O)C[N+](C)(C)C. The first-order valence-corrected chi connectivity index (χ1v) is 10.1. The summed E-state index contributed by atoms with van der Waals surface area (Å²) >= 11 is 0. The fourth-order valence-electron chi connectivity index (χ4n) is 2.84. The molecule has 0 aliphatic rings. The van der Waals surface area contributed by atoms with E-state index in [9.17, 15) is 9.59 Å². The Morgan fingerprint density at radius 3 is 2.12 bits per heavy atom. The summed E-state index contributed by atoms with van der Waals surface area (Å²) in [5.41, 5.74) is 0. The van der Waals surface area contributed by atoms with Crippen LogP contribution in [0.3, 0.4) is 0 Å². The molecule has 5 nitrogen and oxygen atoms in total. The predicted octanol–water partition coefficient (Wildman–Crippen LogP) is 4.56. The monoisotopic (exact) mass is 370 g/mol. The molecule has 0 saturated carbocycles. The molecule has 1 atom stereocenters. The molecule has 0 fully saturated rings. The number of hydrogen-bond donors (Lipinski definition) is 1. The maximum atomic E-state index is 11.9. The molecule has 5 heteroatoms. The van der Waals surface area contributed by atoms with Gasteiger partial charge in [-0.05, 0) is 25.7 Å². The second-order valence-electron chi connectivity index (χ2n) is 8.10. The minimum absolute atomic E-state index is 0.139. The Hall–Kier alpha value is -1.36. The van der Waals surface area contributed by atoms with Crippen LogP contribution in [0.1, 0.15) is 77.6 Å². The van der Waals surface area contributed by atoms with Crippen molar-refractivity contribution in [1.82, 2.24) is 0 Å². The van der Waals surface area contributed by atoms with Gasteiger partial charge in [-0.15, -0.1) is 0 Å². The Kier molecular flexibility index (Phi) is 14.0. The third-order valence-electron chi connectivity index (χ3n) is 4.09. The molecular formula is C21H40NO4+. The Morgan fingerprint density at radius 2 is 1.54 bits per heavy atom. The molecule has 0 saturated heterocycles. The second-order valence-corrected chi connectivity index (χ2v) is 8.10. The first-order chi connectivity index (χ1) is 12.2. The fourth-order valence-corrected chi connectivity index (χ4v) is 2.84. The third-order valence-corrected chi connectivity index (χ3v) is 4.09. The molecular weight excluding hydrogens is 330 g/mol. The summed E-state index contributed by atoms with van der Waals surface area (Å²) in [6.45, 7) is 2.73. The number of unbranched alkanes of at least 4 members (excludes halogenated alkanes) is 7. The minimum Gasteiger partial charge on any atom is -0.481 e. The summed E-state index contributed by atoms with van der Waals surface area (Å²) in [4.78, 5) is 22.9. The Morgan fingerprint density at radius 1 is 0.962 bits per heavy atom. The number of carbonyl (C=O) groups is 2. The molecule has 0 rings (SSSR count). The van der Waals surface area contributed by atoms with E-state index in [1.165, 1.54) is 38.5 Å². The highest BCUT2D eigenvalue weighted by atomic mass is 16.5. The van der Waals surface area contributed by atoms with E-state index >= 15 is 0 Å². The number of likely N-dealkylation sites (N-methyl/N-ethyl adjacent to an activating group) is 1. The summed E-state index contributed by atoms with van der Waals surface area (Å²) in [6, 6.07) is 0. The normalized spacial score (nSPS) is 13.1. The predicted molar refractivity (Wildman–Crippen MR) is 106 cm³/mol. The molecule has 0 aliphatic heterocycles. The number of ether oxygens (including phenoxy) is 1. The zero-order chi connectivity index (χ0) is 19.8. The standard InChI is InChI=1S/C21H39NO4/c1-5-6-7-8-9-10-11-12-13-14-15-16-21(25)26-19(17-20(23)24)18-22(2,3)4/h12-13,19H,5-11,14-18H2,1-4H3/p+1/b13-12-/t19-/m0/s1. The smallest absolute Gasteiger partial charge is 0.307 e. The van der Waals surface area contributed by atoms with Crippen LogP contribution in [-0.4, -0.2) is 55.3 Å². The van der Waals surface area contributed by atoms with Crippen molar-refractivity contribution in [3.8, 4) is 0 Å². The van der Waals surface area contributed by atoms with E-state index in [-0.39, 0.29) is 12.4 Å². The van der Waals surface area contributed by atoms with Crippen LogP contribution in [0.4, 0.5) is 0 Å². The van der Waals surface area contributed by atoms with E-state index in [4.69, 9.17) is 9.84 Å². The highest BCUT2D eigenvalue weighted by Gasteiger charge is 2.24. The first kappa shape index (κ1) is 24.6. The molecule has 1 N–H and O–H groups in total. The third kappa shape index (κ3) is 17.5. The average Bonchev–Trinajstić information content (AvgIpc) is 2.50. The highest BCUT2D eigenvalue weighted by Crippen LogP contribution is 2.10. The molecule has 0 aliphatic carbocycles. The summed E-state index contributed by atoms with van der Waals surface area (Å²) in [5.74, 6) is -1.23. The number of rotatable bonds is 16. The van der Waals surface area contributed by atoms with Crippen LogP contribution in [0.5, 0.6) is 0 Å². The van der Waals surface area contributed by atoms with Crippen molar-refractivity contribution >= 4 is 11.9 Å². The van der Waals surface area contributed by atoms with Gasteiger partial charge in [0.1, 0.15) is 6.54 Å². The van der Waals surface area contributed by atoms with Crippen LogP contribution >= 0.6 is 0 Å². The van der Waals surface area contributed by atoms with Crippen molar-refractivity contribution in [2.45, 2.75) is 83.7 Å². The Bertz CT molecular complexity index is 413. The molecule has 0 radical (unpaired) electrons. The highest BCUT2D eigenvalue weighted by molar-refractivity contribution is 5.71. The van der Waals surface area contributed by atoms with Gasteiger partial charge in [-0.25, -0.2) is 0 Å². The molecule has 0 amide bonds. The molecule has 0 spiro atoms. The van der Waals surface area contributed by atoms with Gasteiger partial charge >= 0.3 is 11.9 Å². The fraction of sp³-hybridized carbons (Fsp3) is 0.810. The van der Waals surface area contributed by atoms with Gasteiger partial charge in [0.05, 0.1) is 27.6 Å². The van der Waals surface area contributed by atoms with Crippen molar-refractivity contribution in [1.29, 1.82) is 0 Å². The van der Waals surface area contributed by atoms with Crippen molar-refractivity contribution in [3.63, 3.8) is 0 Å². The molecule has 0 aromatic carbocycles. The van der Waals surface area contributed by atoms with E-state index in [2.05, 4.69) is 19.1 Å². The van der Waals surface area contributed by atoms with Gasteiger partial charge in [-0.3, -0.25) is 9.59 Å². The molecule has 26 heavy (non-hydrogen) atoms. The van der Waals surface area contributed by atoms with E-state index in [1.807, 2.05) is 21.1 Å². The van der Waals surface area contributed by atoms with Crippen LogP contribution in [-0.2, 0) is 14.3 Å². The summed E-state index contributed by atoms with van der Waals surface area (Å²) in [5, 5.41) is 8.96. The molecule has 152 valence electrons. The first-order valence-electron chi connectivity index (χ1n) is 10.1. The van der Waals surface area contributed by atoms with Gasteiger partial charge in [-0.2, -0.15) is 0 Å². The lowest BCUT2D eigenvalue weighted by molar-refractivity contribution is -0.873. The maximum absolute atomic E-state index is 11.9. The molecule has 0 unspecified atom stereocenters. The van der Waals surface area contributed by atoms with Crippen molar-refractivity contribution in [3.05, 3.63) is 12.2 Å². The van der Waals surface area contributed by atoms with Gasteiger partial charge in [0.15, 0.2) is 6.10 Å². The van der Waals surface area contributed by atoms with Crippen LogP contribution in [0.2, 0.25) is 0 Å². The molecule has 0 aromatic heterocycles. The number of carboxylic acids is 1.